The van der Waals surface area contributed by atoms with Gasteiger partial charge in [-0.1, -0.05) is 13.3 Å². The topological polar surface area (TPSA) is 78.8 Å². The third-order valence-corrected chi connectivity index (χ3v) is 4.99. The van der Waals surface area contributed by atoms with Crippen LogP contribution in [0.15, 0.2) is 33.6 Å². The fraction of sp³-hybridized carbons (Fsp3) is 0.500. The van der Waals surface area contributed by atoms with Crippen LogP contribution < -0.4 is 5.32 Å². The molecule has 6 nitrogen and oxygen atoms in total. The van der Waals surface area contributed by atoms with E-state index in [4.69, 9.17) is 0 Å². The Kier molecular flexibility index (Phi) is 5.76. The van der Waals surface area contributed by atoms with Crippen LogP contribution in [0.5, 0.6) is 0 Å². The molecule has 0 bridgehead atoms. The van der Waals surface area contributed by atoms with Gasteiger partial charge in [-0.25, -0.2) is 0 Å². The summed E-state index contributed by atoms with van der Waals surface area (Å²) in [4.78, 5) is 13.2. The van der Waals surface area contributed by atoms with Gasteiger partial charge in [0.25, 0.3) is 10.0 Å². The summed E-state index contributed by atoms with van der Waals surface area (Å²) in [6.45, 7) is 5.24. The summed E-state index contributed by atoms with van der Waals surface area (Å²) in [5.74, 6) is 0.461. The molecule has 0 spiro atoms. The number of hydrogen-bond donors (Lipinski definition) is 1. The van der Waals surface area contributed by atoms with E-state index in [2.05, 4.69) is 21.5 Å². The number of nitrogens with zero attached hydrogens (tertiary/aromatic N) is 2. The first-order valence-electron chi connectivity index (χ1n) is 7.89. The lowest BCUT2D eigenvalue weighted by Gasteiger charge is -2.18. The highest BCUT2D eigenvalue weighted by Crippen LogP contribution is 2.20. The average molecular weight is 337 g/mol. The van der Waals surface area contributed by atoms with Crippen LogP contribution in [-0.2, 0) is 14.8 Å². The molecule has 1 amide bonds. The van der Waals surface area contributed by atoms with Crippen molar-refractivity contribution in [3.63, 3.8) is 0 Å². The van der Waals surface area contributed by atoms with E-state index in [1.165, 1.54) is 19.1 Å². The molecule has 1 aliphatic heterocycles. The fourth-order valence-corrected chi connectivity index (χ4v) is 3.58. The van der Waals surface area contributed by atoms with Crippen molar-refractivity contribution in [2.24, 2.45) is 4.40 Å². The van der Waals surface area contributed by atoms with Crippen LogP contribution in [-0.4, -0.2) is 38.2 Å². The van der Waals surface area contributed by atoms with Crippen molar-refractivity contribution in [1.29, 1.82) is 0 Å². The predicted molar refractivity (Wildman–Crippen MR) is 91.1 cm³/mol. The van der Waals surface area contributed by atoms with Crippen LogP contribution in [0.25, 0.3) is 0 Å². The van der Waals surface area contributed by atoms with E-state index >= 15 is 0 Å². The number of sulfonamides is 1. The highest BCUT2D eigenvalue weighted by Gasteiger charge is 2.22. The summed E-state index contributed by atoms with van der Waals surface area (Å²) in [5, 5.41) is 2.61. The van der Waals surface area contributed by atoms with Crippen LogP contribution in [0, 0.1) is 0 Å². The third-order valence-electron chi connectivity index (χ3n) is 3.67. The Hall–Kier alpha value is -1.89. The average Bonchev–Trinajstić information content (AvgIpc) is 2.91. The summed E-state index contributed by atoms with van der Waals surface area (Å²) in [6.07, 6.45) is 3.75. The van der Waals surface area contributed by atoms with E-state index in [0.717, 1.165) is 32.4 Å². The van der Waals surface area contributed by atoms with Crippen molar-refractivity contribution in [3.8, 4) is 0 Å². The van der Waals surface area contributed by atoms with Crippen LogP contribution in [0.3, 0.4) is 0 Å². The Morgan fingerprint density at radius 3 is 2.61 bits per heavy atom. The van der Waals surface area contributed by atoms with Gasteiger partial charge in [0.2, 0.25) is 5.91 Å². The highest BCUT2D eigenvalue weighted by molar-refractivity contribution is 7.90. The van der Waals surface area contributed by atoms with E-state index < -0.39 is 10.0 Å². The number of nitrogens with one attached hydrogen (secondary N) is 1. The van der Waals surface area contributed by atoms with Gasteiger partial charge in [0.05, 0.1) is 4.90 Å². The zero-order chi connectivity index (χ0) is 16.9. The molecule has 2 rings (SSSR count). The maximum atomic E-state index is 12.4. The van der Waals surface area contributed by atoms with Gasteiger partial charge >= 0.3 is 0 Å². The van der Waals surface area contributed by atoms with E-state index in [-0.39, 0.29) is 10.8 Å². The zero-order valence-electron chi connectivity index (χ0n) is 13.6. The normalized spacial score (nSPS) is 16.8. The number of unbranched alkanes of at least 4 members (excludes halogenated alkanes) is 1. The summed E-state index contributed by atoms with van der Waals surface area (Å²) < 4.78 is 28.9. The standard InChI is InChI=1S/C16H23N3O3S/c1-3-4-11-19-12-5-6-16(19)18-23(21,22)15-9-7-14(8-10-15)17-13(2)20/h7-10H,3-6,11-12H2,1-2H3,(H,17,20)/b18-16-. The molecule has 0 atom stereocenters. The molecule has 7 heteroatoms. The largest absolute Gasteiger partial charge is 0.359 e. The van der Waals surface area contributed by atoms with E-state index in [1.54, 1.807) is 12.1 Å². The number of amidine groups is 1. The second kappa shape index (κ2) is 7.59. The first-order chi connectivity index (χ1) is 10.9. The molecular formula is C16H23N3O3S. The van der Waals surface area contributed by atoms with Gasteiger partial charge in [-0.3, -0.25) is 4.79 Å². The number of rotatable bonds is 6. The molecule has 0 aromatic heterocycles. The molecule has 0 unspecified atom stereocenters. The lowest BCUT2D eigenvalue weighted by Crippen LogP contribution is -2.26. The van der Waals surface area contributed by atoms with Gasteiger partial charge in [-0.15, -0.1) is 4.40 Å². The predicted octanol–water partition coefficient (Wildman–Crippen LogP) is 2.63. The molecule has 1 N–H and O–H groups in total. The minimum Gasteiger partial charge on any atom is -0.359 e. The fourth-order valence-electron chi connectivity index (χ4n) is 2.51. The number of likely N-dealkylation sites (tertiary alicyclic amines) is 1. The van der Waals surface area contributed by atoms with Gasteiger partial charge in [0, 0.05) is 32.1 Å². The molecule has 0 aliphatic carbocycles. The molecule has 1 aromatic carbocycles. The Morgan fingerprint density at radius 2 is 2.00 bits per heavy atom. The first kappa shape index (κ1) is 17.5. The van der Waals surface area contributed by atoms with Crippen LogP contribution in [0.1, 0.15) is 39.5 Å². The van der Waals surface area contributed by atoms with Crippen LogP contribution in [0.2, 0.25) is 0 Å². The quantitative estimate of drug-likeness (QED) is 0.865. The zero-order valence-corrected chi connectivity index (χ0v) is 14.4. The highest BCUT2D eigenvalue weighted by atomic mass is 32.2. The number of carbonyl (C=O) groups is 1. The number of carbonyl (C=O) groups excluding carboxylic acids is 1. The molecule has 0 saturated carbocycles. The van der Waals surface area contributed by atoms with Gasteiger partial charge in [0.1, 0.15) is 5.84 Å². The second-order valence-corrected chi connectivity index (χ2v) is 7.24. The Bertz CT molecular complexity index is 681. The summed E-state index contributed by atoms with van der Waals surface area (Å²) in [6, 6.07) is 6.07. The molecule has 126 valence electrons. The van der Waals surface area contributed by atoms with Gasteiger partial charge < -0.3 is 10.2 Å². The summed E-state index contributed by atoms with van der Waals surface area (Å²) >= 11 is 0. The molecule has 1 fully saturated rings. The minimum absolute atomic E-state index is 0.140. The lowest BCUT2D eigenvalue weighted by atomic mass is 10.3. The molecule has 1 saturated heterocycles. The van der Waals surface area contributed by atoms with Gasteiger partial charge in [-0.2, -0.15) is 8.42 Å². The minimum atomic E-state index is -3.71. The maximum absolute atomic E-state index is 12.4. The number of benzene rings is 1. The van der Waals surface area contributed by atoms with Gasteiger partial charge in [-0.05, 0) is 37.1 Å². The van der Waals surface area contributed by atoms with Crippen molar-refractivity contribution in [3.05, 3.63) is 24.3 Å². The van der Waals surface area contributed by atoms with E-state index in [0.29, 0.717) is 17.9 Å². The van der Waals surface area contributed by atoms with Crippen molar-refractivity contribution in [1.82, 2.24) is 4.90 Å². The monoisotopic (exact) mass is 337 g/mol. The third kappa shape index (κ3) is 4.79. The molecule has 1 aliphatic rings. The molecular weight excluding hydrogens is 314 g/mol. The van der Waals surface area contributed by atoms with E-state index in [9.17, 15) is 13.2 Å². The summed E-state index contributed by atoms with van der Waals surface area (Å²) in [7, 11) is -3.71. The van der Waals surface area contributed by atoms with Crippen molar-refractivity contribution in [2.45, 2.75) is 44.4 Å². The second-order valence-electron chi connectivity index (χ2n) is 5.63. The van der Waals surface area contributed by atoms with Crippen LogP contribution >= 0.6 is 0 Å². The Balaban J connectivity index is 2.17. The Morgan fingerprint density at radius 1 is 1.30 bits per heavy atom. The SMILES string of the molecule is CCCCN1CCC/C1=N/S(=O)(=O)c1ccc(NC(C)=O)cc1. The maximum Gasteiger partial charge on any atom is 0.283 e. The van der Waals surface area contributed by atoms with Crippen molar-refractivity contribution in [2.75, 3.05) is 18.4 Å². The summed E-state index contributed by atoms with van der Waals surface area (Å²) in [5.41, 5.74) is 0.564. The van der Waals surface area contributed by atoms with Crippen molar-refractivity contribution >= 4 is 27.5 Å². The Labute approximate surface area is 137 Å². The number of amides is 1. The number of anilines is 1. The van der Waals surface area contributed by atoms with Crippen molar-refractivity contribution < 1.29 is 13.2 Å². The van der Waals surface area contributed by atoms with Gasteiger partial charge in [0.15, 0.2) is 0 Å². The molecule has 1 heterocycles. The first-order valence-corrected chi connectivity index (χ1v) is 9.33. The smallest absolute Gasteiger partial charge is 0.283 e. The van der Waals surface area contributed by atoms with E-state index in [1.807, 2.05) is 0 Å². The lowest BCUT2D eigenvalue weighted by molar-refractivity contribution is -0.114. The number of hydrogen-bond acceptors (Lipinski definition) is 3. The molecule has 0 radical (unpaired) electrons. The van der Waals surface area contributed by atoms with Crippen LogP contribution in [0.4, 0.5) is 5.69 Å². The molecule has 23 heavy (non-hydrogen) atoms. The molecule has 1 aromatic rings.